The average Bonchev–Trinajstić information content (AvgIpc) is 3.27. The highest BCUT2D eigenvalue weighted by Gasteiger charge is 2.55. The van der Waals surface area contributed by atoms with E-state index in [0.717, 1.165) is 7.11 Å². The third-order valence-electron chi connectivity index (χ3n) is 5.94. The van der Waals surface area contributed by atoms with E-state index in [1.807, 2.05) is 13.8 Å². The second-order valence-electron chi connectivity index (χ2n) is 8.53. The van der Waals surface area contributed by atoms with Crippen molar-refractivity contribution in [3.63, 3.8) is 0 Å². The highest BCUT2D eigenvalue weighted by molar-refractivity contribution is 6.11. The lowest BCUT2D eigenvalue weighted by Crippen LogP contribution is -2.44. The van der Waals surface area contributed by atoms with Gasteiger partial charge in [-0.2, -0.15) is 0 Å². The van der Waals surface area contributed by atoms with E-state index in [2.05, 4.69) is 0 Å². The Bertz CT molecular complexity index is 1120. The number of carbonyl (C=O) groups is 2. The van der Waals surface area contributed by atoms with E-state index < -0.39 is 23.3 Å². The third-order valence-corrected chi connectivity index (χ3v) is 5.94. The second-order valence-corrected chi connectivity index (χ2v) is 8.53. The monoisotopic (exact) mass is 440 g/mol. The Labute approximate surface area is 184 Å². The molecule has 2 aliphatic rings. The molecule has 8 heteroatoms. The lowest BCUT2D eigenvalue weighted by atomic mass is 9.82. The Hall–Kier alpha value is -3.52. The summed E-state index contributed by atoms with van der Waals surface area (Å²) in [6, 6.07) is 10.5. The van der Waals surface area contributed by atoms with Gasteiger partial charge < -0.3 is 29.5 Å². The molecule has 0 aliphatic carbocycles. The molecule has 2 atom stereocenters. The van der Waals surface area contributed by atoms with Crippen molar-refractivity contribution in [2.75, 3.05) is 7.11 Å². The summed E-state index contributed by atoms with van der Waals surface area (Å²) in [4.78, 5) is 25.3. The van der Waals surface area contributed by atoms with Gasteiger partial charge in [-0.15, -0.1) is 0 Å². The molecular weight excluding hydrogens is 416 g/mol. The highest BCUT2D eigenvalue weighted by atomic mass is 16.6. The molecule has 4 rings (SSSR count). The molecule has 2 aromatic rings. The van der Waals surface area contributed by atoms with E-state index >= 15 is 0 Å². The van der Waals surface area contributed by atoms with Crippen molar-refractivity contribution in [3.05, 3.63) is 64.9 Å². The van der Waals surface area contributed by atoms with Gasteiger partial charge in [0, 0.05) is 12.8 Å². The van der Waals surface area contributed by atoms with Crippen LogP contribution in [0.25, 0.3) is 5.57 Å². The molecule has 0 saturated carbocycles. The molecule has 168 valence electrons. The third kappa shape index (κ3) is 3.67. The van der Waals surface area contributed by atoms with Crippen LogP contribution in [0.15, 0.2) is 48.2 Å². The number of ether oxygens (including phenoxy) is 3. The summed E-state index contributed by atoms with van der Waals surface area (Å²) in [5.74, 6) is -2.54. The van der Waals surface area contributed by atoms with Gasteiger partial charge in [0.15, 0.2) is 0 Å². The van der Waals surface area contributed by atoms with E-state index in [1.165, 1.54) is 30.3 Å². The van der Waals surface area contributed by atoms with Crippen molar-refractivity contribution in [2.24, 2.45) is 0 Å². The Morgan fingerprint density at radius 2 is 1.75 bits per heavy atom. The lowest BCUT2D eigenvalue weighted by molar-refractivity contribution is -0.169. The molecule has 8 nitrogen and oxygen atoms in total. The Morgan fingerprint density at radius 1 is 1.09 bits per heavy atom. The topological polar surface area (TPSA) is 126 Å². The number of methoxy groups -OCH3 is 1. The Kier molecular flexibility index (Phi) is 5.13. The molecular formula is C24H24O8. The zero-order valence-electron chi connectivity index (χ0n) is 17.9. The van der Waals surface area contributed by atoms with Crippen molar-refractivity contribution < 1.29 is 39.1 Å². The minimum atomic E-state index is -1.93. The SMILES string of the molecule is COC(=O)[C@@]1(Cc2ccc(O)c(C[C@H]3OC3(C)C)c2)OC(=O)C(O)=C1c1ccc(O)cc1. The first-order valence-electron chi connectivity index (χ1n) is 10.1. The number of esters is 2. The normalized spacial score (nSPS) is 23.7. The van der Waals surface area contributed by atoms with Crippen LogP contribution in [-0.2, 0) is 36.6 Å². The van der Waals surface area contributed by atoms with Crippen molar-refractivity contribution >= 4 is 17.5 Å². The van der Waals surface area contributed by atoms with Gasteiger partial charge in [0.05, 0.1) is 24.4 Å². The van der Waals surface area contributed by atoms with Gasteiger partial charge >= 0.3 is 11.9 Å². The van der Waals surface area contributed by atoms with Gasteiger partial charge in [0.2, 0.25) is 11.4 Å². The summed E-state index contributed by atoms with van der Waals surface area (Å²) in [5, 5.41) is 30.4. The summed E-state index contributed by atoms with van der Waals surface area (Å²) in [5.41, 5.74) is -0.713. The molecule has 0 bridgehead atoms. The molecule has 0 unspecified atom stereocenters. The van der Waals surface area contributed by atoms with Crippen LogP contribution in [0.5, 0.6) is 11.5 Å². The molecule has 3 N–H and O–H groups in total. The van der Waals surface area contributed by atoms with Crippen molar-refractivity contribution in [2.45, 2.75) is 44.0 Å². The maximum Gasteiger partial charge on any atom is 0.375 e. The van der Waals surface area contributed by atoms with Crippen LogP contribution in [0.3, 0.4) is 0 Å². The quantitative estimate of drug-likeness (QED) is 0.462. The maximum atomic E-state index is 12.9. The average molecular weight is 440 g/mol. The van der Waals surface area contributed by atoms with E-state index in [1.54, 1.807) is 12.1 Å². The summed E-state index contributed by atoms with van der Waals surface area (Å²) in [6.45, 7) is 3.92. The number of hydrogen-bond acceptors (Lipinski definition) is 8. The predicted octanol–water partition coefficient (Wildman–Crippen LogP) is 2.80. The number of cyclic esters (lactones) is 1. The summed E-state index contributed by atoms with van der Waals surface area (Å²) in [6.07, 6.45) is 0.302. The number of aromatic hydroxyl groups is 2. The fourth-order valence-corrected chi connectivity index (χ4v) is 4.07. The molecule has 2 aliphatic heterocycles. The molecule has 0 radical (unpaired) electrons. The van der Waals surface area contributed by atoms with Gasteiger partial charge in [0.25, 0.3) is 0 Å². The first-order valence-corrected chi connectivity index (χ1v) is 10.1. The summed E-state index contributed by atoms with van der Waals surface area (Å²) < 4.78 is 16.0. The predicted molar refractivity (Wildman–Crippen MR) is 113 cm³/mol. The number of hydrogen-bond donors (Lipinski definition) is 3. The van der Waals surface area contributed by atoms with Crippen LogP contribution in [0.1, 0.15) is 30.5 Å². The first-order chi connectivity index (χ1) is 15.1. The summed E-state index contributed by atoms with van der Waals surface area (Å²) in [7, 11) is 1.16. The molecule has 32 heavy (non-hydrogen) atoms. The molecule has 0 aromatic heterocycles. The van der Waals surface area contributed by atoms with Crippen molar-refractivity contribution in [3.8, 4) is 11.5 Å². The van der Waals surface area contributed by atoms with Crippen LogP contribution in [-0.4, -0.2) is 51.7 Å². The molecule has 0 spiro atoms. The van der Waals surface area contributed by atoms with Gasteiger partial charge in [-0.3, -0.25) is 0 Å². The van der Waals surface area contributed by atoms with Crippen LogP contribution < -0.4 is 0 Å². The molecule has 0 amide bonds. The lowest BCUT2D eigenvalue weighted by Gasteiger charge is -2.28. The summed E-state index contributed by atoms with van der Waals surface area (Å²) >= 11 is 0. The zero-order chi connectivity index (χ0) is 23.3. The number of aliphatic hydroxyl groups excluding tert-OH is 1. The Balaban J connectivity index is 1.75. The Morgan fingerprint density at radius 3 is 2.34 bits per heavy atom. The number of epoxide rings is 1. The highest BCUT2D eigenvalue weighted by Crippen LogP contribution is 2.44. The number of carbonyl (C=O) groups excluding carboxylic acids is 2. The minimum absolute atomic E-state index is 0.0175. The standard InChI is InChI=1S/C24H24O8/c1-23(2)18(31-23)11-15-10-13(4-9-17(15)26)12-24(22(29)30-3)19(20(27)21(28)32-24)14-5-7-16(25)8-6-14/h4-10,18,25-27H,11-12H2,1-3H3/t18-,24+/m1/s1. The van der Waals surface area contributed by atoms with Gasteiger partial charge in [-0.05, 0) is 48.7 Å². The van der Waals surface area contributed by atoms with E-state index in [-0.39, 0.29) is 35.2 Å². The number of phenols is 2. The second kappa shape index (κ2) is 7.56. The van der Waals surface area contributed by atoms with Crippen molar-refractivity contribution in [1.82, 2.24) is 0 Å². The fraction of sp³-hybridized carbons (Fsp3) is 0.333. The van der Waals surface area contributed by atoms with Crippen LogP contribution >= 0.6 is 0 Å². The van der Waals surface area contributed by atoms with E-state index in [0.29, 0.717) is 23.1 Å². The fourth-order valence-electron chi connectivity index (χ4n) is 4.07. The maximum absolute atomic E-state index is 12.9. The van der Waals surface area contributed by atoms with Gasteiger partial charge in [-0.1, -0.05) is 24.3 Å². The smallest absolute Gasteiger partial charge is 0.375 e. The van der Waals surface area contributed by atoms with Crippen LogP contribution in [0.2, 0.25) is 0 Å². The van der Waals surface area contributed by atoms with Crippen LogP contribution in [0.4, 0.5) is 0 Å². The molecule has 2 aromatic carbocycles. The van der Waals surface area contributed by atoms with Crippen molar-refractivity contribution in [1.29, 1.82) is 0 Å². The molecule has 1 fully saturated rings. The van der Waals surface area contributed by atoms with Gasteiger partial charge in [0.1, 0.15) is 11.5 Å². The van der Waals surface area contributed by atoms with E-state index in [4.69, 9.17) is 14.2 Å². The number of aliphatic hydroxyl groups is 1. The minimum Gasteiger partial charge on any atom is -0.508 e. The molecule has 1 saturated heterocycles. The van der Waals surface area contributed by atoms with Gasteiger partial charge in [-0.25, -0.2) is 9.59 Å². The first kappa shape index (κ1) is 21.7. The van der Waals surface area contributed by atoms with E-state index in [9.17, 15) is 24.9 Å². The number of phenolic OH excluding ortho intramolecular Hbond substituents is 2. The molecule has 2 heterocycles. The number of benzene rings is 2. The largest absolute Gasteiger partial charge is 0.508 e. The number of rotatable bonds is 6. The van der Waals surface area contributed by atoms with Crippen LogP contribution in [0, 0.1) is 0 Å². The zero-order valence-corrected chi connectivity index (χ0v) is 17.9.